The van der Waals surface area contributed by atoms with E-state index in [0.717, 1.165) is 28.3 Å². The monoisotopic (exact) mass is 391 g/mol. The van der Waals surface area contributed by atoms with Gasteiger partial charge in [0.05, 0.1) is 41.2 Å². The number of anilines is 1. The predicted molar refractivity (Wildman–Crippen MR) is 105 cm³/mol. The molecule has 9 heteroatoms. The maximum atomic E-state index is 13.7. The van der Waals surface area contributed by atoms with E-state index in [1.54, 1.807) is 25.5 Å². The molecule has 5 aromatic rings. The molecule has 144 valence electrons. The second kappa shape index (κ2) is 6.62. The van der Waals surface area contributed by atoms with Crippen LogP contribution in [0.4, 0.5) is 14.7 Å². The lowest BCUT2D eigenvalue weighted by molar-refractivity contribution is 0.506. The van der Waals surface area contributed by atoms with Crippen LogP contribution in [-0.4, -0.2) is 36.1 Å². The van der Waals surface area contributed by atoms with Crippen molar-refractivity contribution in [3.63, 3.8) is 0 Å². The van der Waals surface area contributed by atoms with Crippen LogP contribution in [-0.2, 0) is 6.54 Å². The molecule has 0 bridgehead atoms. The fourth-order valence-corrected chi connectivity index (χ4v) is 3.39. The summed E-state index contributed by atoms with van der Waals surface area (Å²) in [6.07, 6.45) is 6.87. The molecule has 0 aliphatic rings. The van der Waals surface area contributed by atoms with Crippen molar-refractivity contribution in [1.82, 2.24) is 29.1 Å². The second-order valence-corrected chi connectivity index (χ2v) is 6.54. The highest BCUT2D eigenvalue weighted by atomic mass is 19.2. The Morgan fingerprint density at radius 3 is 2.72 bits per heavy atom. The third-order valence-electron chi connectivity index (χ3n) is 4.78. The number of nitrogens with one attached hydrogen (secondary N) is 1. The molecule has 0 unspecified atom stereocenters. The van der Waals surface area contributed by atoms with E-state index in [2.05, 4.69) is 25.3 Å². The Balaban J connectivity index is 1.65. The summed E-state index contributed by atoms with van der Waals surface area (Å²) in [4.78, 5) is 17.3. The average molecular weight is 391 g/mol. The zero-order chi connectivity index (χ0) is 20.0. The van der Waals surface area contributed by atoms with Crippen LogP contribution in [0.5, 0.6) is 0 Å². The van der Waals surface area contributed by atoms with E-state index in [1.807, 2.05) is 27.5 Å². The van der Waals surface area contributed by atoms with Gasteiger partial charge in [-0.25, -0.2) is 23.7 Å². The van der Waals surface area contributed by atoms with Gasteiger partial charge in [0.1, 0.15) is 6.33 Å². The van der Waals surface area contributed by atoms with Crippen LogP contribution >= 0.6 is 0 Å². The molecule has 0 saturated carbocycles. The number of hydrogen-bond acceptors (Lipinski definition) is 5. The van der Waals surface area contributed by atoms with Crippen molar-refractivity contribution >= 4 is 28.1 Å². The van der Waals surface area contributed by atoms with Gasteiger partial charge in [-0.05, 0) is 29.8 Å². The van der Waals surface area contributed by atoms with Crippen molar-refractivity contribution in [1.29, 1.82) is 0 Å². The van der Waals surface area contributed by atoms with E-state index in [9.17, 15) is 8.78 Å². The molecule has 0 aliphatic carbocycles. The smallest absolute Gasteiger partial charge is 0.205 e. The molecule has 0 atom stereocenters. The van der Waals surface area contributed by atoms with Crippen LogP contribution in [0.3, 0.4) is 0 Å². The molecule has 0 aliphatic heterocycles. The number of imidazole rings is 1. The van der Waals surface area contributed by atoms with Gasteiger partial charge >= 0.3 is 0 Å². The normalized spacial score (nSPS) is 11.4. The fourth-order valence-electron chi connectivity index (χ4n) is 3.39. The minimum absolute atomic E-state index is 0.310. The first-order valence-electron chi connectivity index (χ1n) is 8.89. The molecule has 1 aromatic carbocycles. The van der Waals surface area contributed by atoms with Crippen molar-refractivity contribution in [2.45, 2.75) is 6.54 Å². The summed E-state index contributed by atoms with van der Waals surface area (Å²) in [5.41, 5.74) is 4.42. The maximum Gasteiger partial charge on any atom is 0.205 e. The number of aromatic nitrogens is 6. The van der Waals surface area contributed by atoms with Gasteiger partial charge in [-0.1, -0.05) is 6.07 Å². The summed E-state index contributed by atoms with van der Waals surface area (Å²) in [5, 5.41) is 3.03. The lowest BCUT2D eigenvalue weighted by Gasteiger charge is -2.10. The molecule has 5 rings (SSSR count). The van der Waals surface area contributed by atoms with Crippen molar-refractivity contribution in [3.8, 4) is 5.69 Å². The molecule has 7 nitrogen and oxygen atoms in total. The summed E-state index contributed by atoms with van der Waals surface area (Å²) in [5.74, 6) is -1.17. The Morgan fingerprint density at radius 2 is 1.90 bits per heavy atom. The van der Waals surface area contributed by atoms with Crippen LogP contribution in [0.15, 0.2) is 55.2 Å². The van der Waals surface area contributed by atoms with E-state index >= 15 is 0 Å². The van der Waals surface area contributed by atoms with Gasteiger partial charge in [0.2, 0.25) is 5.95 Å². The summed E-state index contributed by atoms with van der Waals surface area (Å²) in [6.45, 7) is 0.310. The standard InChI is InChI=1S/C20H15F2N7/c1-23-20-27-19-17(29(20)10-12-2-3-14(21)15(22)6-12)7-13(8-25-19)28-5-4-16-18(28)9-24-11-26-16/h2-9,11H,10H2,1H3,(H,23,25,27). The molecule has 4 heterocycles. The summed E-state index contributed by atoms with van der Waals surface area (Å²) in [7, 11) is 1.75. The number of fused-ring (bicyclic) bond motifs is 2. The van der Waals surface area contributed by atoms with E-state index in [-0.39, 0.29) is 0 Å². The van der Waals surface area contributed by atoms with Crippen molar-refractivity contribution < 1.29 is 8.78 Å². The molecule has 0 radical (unpaired) electrons. The van der Waals surface area contributed by atoms with Crippen LogP contribution in [0, 0.1) is 11.6 Å². The largest absolute Gasteiger partial charge is 0.359 e. The molecule has 0 amide bonds. The Labute approximate surface area is 163 Å². The zero-order valence-corrected chi connectivity index (χ0v) is 15.3. The quantitative estimate of drug-likeness (QED) is 0.507. The van der Waals surface area contributed by atoms with E-state index in [4.69, 9.17) is 0 Å². The Hall–Kier alpha value is -3.88. The highest BCUT2D eigenvalue weighted by Gasteiger charge is 2.14. The van der Waals surface area contributed by atoms with E-state index in [0.29, 0.717) is 23.7 Å². The highest BCUT2D eigenvalue weighted by molar-refractivity contribution is 5.80. The molecule has 0 saturated heterocycles. The molecule has 0 spiro atoms. The SMILES string of the molecule is CNc1nc2ncc(-n3ccc4ncncc43)cc2n1Cc1ccc(F)c(F)c1. The van der Waals surface area contributed by atoms with Gasteiger partial charge in [0, 0.05) is 13.2 Å². The number of nitrogens with zero attached hydrogens (tertiary/aromatic N) is 6. The molecule has 4 aromatic heterocycles. The topological polar surface area (TPSA) is 73.5 Å². The number of pyridine rings is 1. The van der Waals surface area contributed by atoms with Gasteiger partial charge in [-0.2, -0.15) is 4.98 Å². The third kappa shape index (κ3) is 2.87. The minimum atomic E-state index is -0.879. The van der Waals surface area contributed by atoms with Crippen LogP contribution in [0.25, 0.3) is 27.9 Å². The summed E-state index contributed by atoms with van der Waals surface area (Å²) < 4.78 is 30.8. The third-order valence-corrected chi connectivity index (χ3v) is 4.78. The molecule has 29 heavy (non-hydrogen) atoms. The Kier molecular flexibility index (Phi) is 3.94. The van der Waals surface area contributed by atoms with E-state index < -0.39 is 11.6 Å². The van der Waals surface area contributed by atoms with Gasteiger partial charge in [0.15, 0.2) is 17.3 Å². The Morgan fingerprint density at radius 1 is 1.00 bits per heavy atom. The molecular formula is C20H15F2N7. The lowest BCUT2D eigenvalue weighted by Crippen LogP contribution is -2.06. The number of hydrogen-bond donors (Lipinski definition) is 1. The van der Waals surface area contributed by atoms with Gasteiger partial charge in [-0.15, -0.1) is 0 Å². The van der Waals surface area contributed by atoms with E-state index in [1.165, 1.54) is 12.4 Å². The number of halogens is 2. The van der Waals surface area contributed by atoms with Crippen molar-refractivity contribution in [2.24, 2.45) is 0 Å². The number of rotatable bonds is 4. The molecular weight excluding hydrogens is 376 g/mol. The first kappa shape index (κ1) is 17.2. The van der Waals surface area contributed by atoms with Crippen molar-refractivity contribution in [2.75, 3.05) is 12.4 Å². The minimum Gasteiger partial charge on any atom is -0.359 e. The van der Waals surface area contributed by atoms with Crippen LogP contribution in [0.1, 0.15) is 5.56 Å². The van der Waals surface area contributed by atoms with Crippen molar-refractivity contribution in [3.05, 3.63) is 72.4 Å². The van der Waals surface area contributed by atoms with Gasteiger partial charge < -0.3 is 14.5 Å². The van der Waals surface area contributed by atoms with Crippen LogP contribution < -0.4 is 5.32 Å². The molecule has 1 N–H and O–H groups in total. The van der Waals surface area contributed by atoms with Gasteiger partial charge in [0.25, 0.3) is 0 Å². The Bertz CT molecular complexity index is 1360. The van der Waals surface area contributed by atoms with Gasteiger partial charge in [-0.3, -0.25) is 0 Å². The lowest BCUT2D eigenvalue weighted by atomic mass is 10.2. The number of benzene rings is 1. The van der Waals surface area contributed by atoms with Crippen LogP contribution in [0.2, 0.25) is 0 Å². The zero-order valence-electron chi connectivity index (χ0n) is 15.3. The average Bonchev–Trinajstić information content (AvgIpc) is 3.32. The molecule has 0 fully saturated rings. The predicted octanol–water partition coefficient (Wildman–Crippen LogP) is 3.53. The summed E-state index contributed by atoms with van der Waals surface area (Å²) in [6, 6.07) is 7.71. The fraction of sp³-hybridized carbons (Fsp3) is 0.100. The second-order valence-electron chi connectivity index (χ2n) is 6.54. The first-order chi connectivity index (χ1) is 14.1. The maximum absolute atomic E-state index is 13.7. The first-order valence-corrected chi connectivity index (χ1v) is 8.89. The highest BCUT2D eigenvalue weighted by Crippen LogP contribution is 2.24. The summed E-state index contributed by atoms with van der Waals surface area (Å²) >= 11 is 0.